The van der Waals surface area contributed by atoms with E-state index in [9.17, 15) is 4.79 Å². The Morgan fingerprint density at radius 3 is 2.71 bits per heavy atom. The molecule has 0 aromatic heterocycles. The highest BCUT2D eigenvalue weighted by Gasteiger charge is 2.09. The molecule has 1 aromatic rings. The molecule has 0 saturated carbocycles. The Bertz CT molecular complexity index is 458. The highest BCUT2D eigenvalue weighted by atomic mass is 16.5. The number of ether oxygens (including phenoxy) is 1. The maximum absolute atomic E-state index is 11.9. The Kier molecular flexibility index (Phi) is 7.23. The molecule has 1 rings (SSSR count). The van der Waals surface area contributed by atoms with Gasteiger partial charge in [-0.2, -0.15) is 0 Å². The van der Waals surface area contributed by atoms with Gasteiger partial charge in [0.15, 0.2) is 0 Å². The third kappa shape index (κ3) is 5.76. The van der Waals surface area contributed by atoms with E-state index in [4.69, 9.17) is 10.5 Å². The molecule has 0 atom stereocenters. The number of rotatable bonds is 8. The molecular formula is C17H28N2O2. The van der Waals surface area contributed by atoms with Crippen molar-refractivity contribution in [1.29, 1.82) is 0 Å². The van der Waals surface area contributed by atoms with Gasteiger partial charge in [-0.3, -0.25) is 4.79 Å². The number of hydrogen-bond donors (Lipinski definition) is 1. The second-order valence-electron chi connectivity index (χ2n) is 5.74. The van der Waals surface area contributed by atoms with Crippen molar-refractivity contribution in [2.75, 3.05) is 26.7 Å². The van der Waals surface area contributed by atoms with Gasteiger partial charge in [-0.1, -0.05) is 26.0 Å². The lowest BCUT2D eigenvalue weighted by molar-refractivity contribution is -0.130. The molecule has 0 unspecified atom stereocenters. The summed E-state index contributed by atoms with van der Waals surface area (Å²) < 4.78 is 5.78. The summed E-state index contributed by atoms with van der Waals surface area (Å²) in [6, 6.07) is 6.26. The largest absolute Gasteiger partial charge is 0.493 e. The molecule has 2 N–H and O–H groups in total. The van der Waals surface area contributed by atoms with Crippen LogP contribution in [0.25, 0.3) is 0 Å². The summed E-state index contributed by atoms with van der Waals surface area (Å²) >= 11 is 0. The van der Waals surface area contributed by atoms with E-state index < -0.39 is 0 Å². The monoisotopic (exact) mass is 292 g/mol. The molecule has 0 saturated heterocycles. The molecule has 0 bridgehead atoms. The van der Waals surface area contributed by atoms with Gasteiger partial charge in [0.1, 0.15) is 5.75 Å². The molecule has 0 spiro atoms. The summed E-state index contributed by atoms with van der Waals surface area (Å²) in [6.07, 6.45) is 1.23. The second-order valence-corrected chi connectivity index (χ2v) is 5.74. The number of aryl methyl sites for hydroxylation is 1. The summed E-state index contributed by atoms with van der Waals surface area (Å²) in [4.78, 5) is 13.6. The third-order valence-electron chi connectivity index (χ3n) is 3.58. The molecule has 0 heterocycles. The van der Waals surface area contributed by atoms with Gasteiger partial charge >= 0.3 is 0 Å². The molecule has 118 valence electrons. The highest BCUT2D eigenvalue weighted by molar-refractivity contribution is 5.75. The molecule has 0 aliphatic heterocycles. The first-order valence-electron chi connectivity index (χ1n) is 7.63. The number of carbonyl (C=O) groups is 1. The van der Waals surface area contributed by atoms with E-state index in [1.54, 1.807) is 4.90 Å². The smallest absolute Gasteiger partial charge is 0.225 e. The number of benzene rings is 1. The van der Waals surface area contributed by atoms with Crippen LogP contribution in [0.2, 0.25) is 0 Å². The first-order chi connectivity index (χ1) is 9.95. The Hall–Kier alpha value is -1.55. The first-order valence-corrected chi connectivity index (χ1v) is 7.63. The maximum atomic E-state index is 11.9. The van der Waals surface area contributed by atoms with Crippen LogP contribution in [0.4, 0.5) is 0 Å². The Morgan fingerprint density at radius 2 is 2.10 bits per heavy atom. The van der Waals surface area contributed by atoms with Gasteiger partial charge in [-0.05, 0) is 43.0 Å². The van der Waals surface area contributed by atoms with Crippen molar-refractivity contribution in [1.82, 2.24) is 4.90 Å². The summed E-state index contributed by atoms with van der Waals surface area (Å²) in [7, 11) is 1.81. The fourth-order valence-electron chi connectivity index (χ4n) is 2.02. The van der Waals surface area contributed by atoms with Crippen LogP contribution in [0.15, 0.2) is 18.2 Å². The van der Waals surface area contributed by atoms with Gasteiger partial charge in [-0.15, -0.1) is 0 Å². The number of carbonyl (C=O) groups excluding carboxylic acids is 1. The van der Waals surface area contributed by atoms with Crippen molar-refractivity contribution in [2.45, 2.75) is 39.5 Å². The molecule has 21 heavy (non-hydrogen) atoms. The zero-order valence-electron chi connectivity index (χ0n) is 13.7. The van der Waals surface area contributed by atoms with Crippen LogP contribution < -0.4 is 10.5 Å². The highest BCUT2D eigenvalue weighted by Crippen LogP contribution is 2.24. The fraction of sp³-hybridized carbons (Fsp3) is 0.588. The van der Waals surface area contributed by atoms with Crippen LogP contribution in [0.3, 0.4) is 0 Å². The lowest BCUT2D eigenvalue weighted by atomic mass is 10.0. The van der Waals surface area contributed by atoms with Crippen LogP contribution in [-0.4, -0.2) is 37.6 Å². The SMILES string of the molecule is Cc1ccc(C(C)C)cc1OCCC(=O)N(C)CCCN. The predicted molar refractivity (Wildman–Crippen MR) is 86.7 cm³/mol. The lowest BCUT2D eigenvalue weighted by Crippen LogP contribution is -2.30. The molecule has 0 aliphatic rings. The van der Waals surface area contributed by atoms with Gasteiger partial charge in [0.2, 0.25) is 5.91 Å². The molecule has 0 fully saturated rings. The Morgan fingerprint density at radius 1 is 1.38 bits per heavy atom. The normalized spacial score (nSPS) is 10.8. The molecule has 0 aliphatic carbocycles. The third-order valence-corrected chi connectivity index (χ3v) is 3.58. The van der Waals surface area contributed by atoms with E-state index in [1.807, 2.05) is 14.0 Å². The molecule has 4 nitrogen and oxygen atoms in total. The topological polar surface area (TPSA) is 55.6 Å². The number of amides is 1. The number of hydrogen-bond acceptors (Lipinski definition) is 3. The van der Waals surface area contributed by atoms with E-state index >= 15 is 0 Å². The van der Waals surface area contributed by atoms with Gasteiger partial charge in [0, 0.05) is 13.6 Å². The number of nitrogens with two attached hydrogens (primary N) is 1. The van der Waals surface area contributed by atoms with Crippen molar-refractivity contribution in [2.24, 2.45) is 5.73 Å². The van der Waals surface area contributed by atoms with E-state index in [2.05, 4.69) is 32.0 Å². The molecule has 1 amide bonds. The standard InChI is InChI=1S/C17H28N2O2/c1-13(2)15-7-6-14(3)16(12-15)21-11-8-17(20)19(4)10-5-9-18/h6-7,12-13H,5,8-11,18H2,1-4H3. The van der Waals surface area contributed by atoms with Gasteiger partial charge in [0.05, 0.1) is 13.0 Å². The average Bonchev–Trinajstić information content (AvgIpc) is 2.46. The molecule has 4 heteroatoms. The van der Waals surface area contributed by atoms with Crippen LogP contribution in [-0.2, 0) is 4.79 Å². The summed E-state index contributed by atoms with van der Waals surface area (Å²) in [5.74, 6) is 1.44. The number of nitrogens with zero attached hydrogens (tertiary/aromatic N) is 1. The summed E-state index contributed by atoms with van der Waals surface area (Å²) in [5, 5.41) is 0. The summed E-state index contributed by atoms with van der Waals surface area (Å²) in [6.45, 7) is 8.06. The summed E-state index contributed by atoms with van der Waals surface area (Å²) in [5.41, 5.74) is 7.80. The molecule has 1 aromatic carbocycles. The lowest BCUT2D eigenvalue weighted by Gasteiger charge is -2.17. The van der Waals surface area contributed by atoms with E-state index in [1.165, 1.54) is 5.56 Å². The van der Waals surface area contributed by atoms with Gasteiger partial charge in [0.25, 0.3) is 0 Å². The minimum absolute atomic E-state index is 0.0983. The van der Waals surface area contributed by atoms with E-state index in [0.29, 0.717) is 32.0 Å². The van der Waals surface area contributed by atoms with Crippen molar-refractivity contribution in [3.63, 3.8) is 0 Å². The minimum atomic E-state index is 0.0983. The Labute approximate surface area is 128 Å². The van der Waals surface area contributed by atoms with Crippen LogP contribution in [0, 0.1) is 6.92 Å². The van der Waals surface area contributed by atoms with Crippen molar-refractivity contribution in [3.8, 4) is 5.75 Å². The van der Waals surface area contributed by atoms with Crippen LogP contribution in [0.1, 0.15) is 43.7 Å². The van der Waals surface area contributed by atoms with Crippen molar-refractivity contribution >= 4 is 5.91 Å². The van der Waals surface area contributed by atoms with Crippen molar-refractivity contribution < 1.29 is 9.53 Å². The van der Waals surface area contributed by atoms with Crippen molar-refractivity contribution in [3.05, 3.63) is 29.3 Å². The van der Waals surface area contributed by atoms with Gasteiger partial charge < -0.3 is 15.4 Å². The first kappa shape index (κ1) is 17.5. The van der Waals surface area contributed by atoms with E-state index in [0.717, 1.165) is 17.7 Å². The van der Waals surface area contributed by atoms with Gasteiger partial charge in [-0.25, -0.2) is 0 Å². The predicted octanol–water partition coefficient (Wildman–Crippen LogP) is 2.69. The maximum Gasteiger partial charge on any atom is 0.225 e. The second kappa shape index (κ2) is 8.67. The molecular weight excluding hydrogens is 264 g/mol. The molecule has 0 radical (unpaired) electrons. The fourth-order valence-corrected chi connectivity index (χ4v) is 2.02. The zero-order chi connectivity index (χ0) is 15.8. The minimum Gasteiger partial charge on any atom is -0.493 e. The van der Waals surface area contributed by atoms with Crippen LogP contribution >= 0.6 is 0 Å². The average molecular weight is 292 g/mol. The quantitative estimate of drug-likeness (QED) is 0.801. The zero-order valence-corrected chi connectivity index (χ0v) is 13.7. The van der Waals surface area contributed by atoms with E-state index in [-0.39, 0.29) is 5.91 Å². The van der Waals surface area contributed by atoms with Crippen LogP contribution in [0.5, 0.6) is 5.75 Å². The Balaban J connectivity index is 2.48.